The minimum absolute atomic E-state index is 0.428. The first-order valence-electron chi connectivity index (χ1n) is 8.58. The Labute approximate surface area is 140 Å². The van der Waals surface area contributed by atoms with Gasteiger partial charge in [-0.3, -0.25) is 4.57 Å². The molecule has 1 aromatic rings. The van der Waals surface area contributed by atoms with Gasteiger partial charge in [0.2, 0.25) is 0 Å². The fourth-order valence-electron chi connectivity index (χ4n) is 3.36. The van der Waals surface area contributed by atoms with E-state index in [1.165, 1.54) is 25.5 Å². The first kappa shape index (κ1) is 17.3. The Bertz CT molecular complexity index is 600. The zero-order valence-corrected chi connectivity index (χ0v) is 13.6. The van der Waals surface area contributed by atoms with E-state index in [9.17, 15) is 15.0 Å². The average molecular weight is 339 g/mol. The van der Waals surface area contributed by atoms with E-state index in [2.05, 4.69) is 9.88 Å². The summed E-state index contributed by atoms with van der Waals surface area (Å²) in [7, 11) is 0. The van der Waals surface area contributed by atoms with Gasteiger partial charge in [-0.15, -0.1) is 0 Å². The van der Waals surface area contributed by atoms with Crippen molar-refractivity contribution in [3.63, 3.8) is 0 Å². The maximum atomic E-state index is 12.4. The molecule has 2 aliphatic rings. The molecule has 0 amide bonds. The molecule has 0 aromatic carbocycles. The van der Waals surface area contributed by atoms with Crippen molar-refractivity contribution in [1.82, 2.24) is 9.55 Å². The molecule has 24 heavy (non-hydrogen) atoms. The van der Waals surface area contributed by atoms with Crippen molar-refractivity contribution in [2.45, 2.75) is 56.6 Å². The summed E-state index contributed by atoms with van der Waals surface area (Å²) in [5.41, 5.74) is -0.538. The highest BCUT2D eigenvalue weighted by atomic mass is 16.6. The number of anilines is 1. The Morgan fingerprint density at radius 1 is 1.12 bits per heavy atom. The van der Waals surface area contributed by atoms with Gasteiger partial charge in [-0.2, -0.15) is 4.98 Å². The van der Waals surface area contributed by atoms with Crippen LogP contribution < -0.4 is 10.6 Å². The fourth-order valence-corrected chi connectivity index (χ4v) is 3.36. The van der Waals surface area contributed by atoms with Gasteiger partial charge >= 0.3 is 5.69 Å². The summed E-state index contributed by atoms with van der Waals surface area (Å²) < 4.78 is 6.55. The Morgan fingerprint density at radius 2 is 1.79 bits per heavy atom. The standard InChI is InChI=1S/C16H25N3O5/c20-10-11-13(21)14(22)15(24-11)19-9-6-12(17-16(19)23)18-7-4-2-1-3-5-8-18/h6,9,11,13-15,20-22H,1-5,7-8,10H2/t11-,13+,14+,15-/m0/s1. The molecule has 0 radical (unpaired) electrons. The molecule has 0 saturated carbocycles. The van der Waals surface area contributed by atoms with Crippen LogP contribution in [0.2, 0.25) is 0 Å². The van der Waals surface area contributed by atoms with Gasteiger partial charge in [-0.05, 0) is 18.9 Å². The molecule has 3 heterocycles. The SMILES string of the molecule is O=c1nc(N2CCCCCCC2)ccn1[C@H]1O[C@@H](CO)[C@@H](O)[C@H]1O. The molecule has 1 aromatic heterocycles. The number of ether oxygens (including phenoxy) is 1. The molecule has 8 heteroatoms. The molecule has 3 N–H and O–H groups in total. The van der Waals surface area contributed by atoms with Crippen LogP contribution in [-0.2, 0) is 4.74 Å². The Hall–Kier alpha value is -1.48. The number of aromatic nitrogens is 2. The maximum absolute atomic E-state index is 12.4. The molecule has 2 fully saturated rings. The number of hydrogen-bond acceptors (Lipinski definition) is 7. The van der Waals surface area contributed by atoms with Crippen molar-refractivity contribution in [2.24, 2.45) is 0 Å². The Kier molecular flexibility index (Phi) is 5.50. The topological polar surface area (TPSA) is 108 Å². The van der Waals surface area contributed by atoms with Gasteiger partial charge < -0.3 is 25.0 Å². The van der Waals surface area contributed by atoms with E-state index in [1.54, 1.807) is 6.07 Å². The Balaban J connectivity index is 1.78. The lowest BCUT2D eigenvalue weighted by Crippen LogP contribution is -2.37. The van der Waals surface area contributed by atoms with Crippen LogP contribution in [0.4, 0.5) is 5.82 Å². The zero-order valence-electron chi connectivity index (χ0n) is 13.6. The minimum atomic E-state index is -1.28. The van der Waals surface area contributed by atoms with E-state index in [-0.39, 0.29) is 0 Å². The van der Waals surface area contributed by atoms with Gasteiger partial charge in [0.15, 0.2) is 6.23 Å². The van der Waals surface area contributed by atoms with Gasteiger partial charge in [-0.1, -0.05) is 19.3 Å². The minimum Gasteiger partial charge on any atom is -0.394 e. The monoisotopic (exact) mass is 339 g/mol. The van der Waals surface area contributed by atoms with Gasteiger partial charge in [0, 0.05) is 19.3 Å². The summed E-state index contributed by atoms with van der Waals surface area (Å²) in [6, 6.07) is 1.73. The van der Waals surface area contributed by atoms with Crippen molar-refractivity contribution in [2.75, 3.05) is 24.6 Å². The third-order valence-corrected chi connectivity index (χ3v) is 4.79. The van der Waals surface area contributed by atoms with Crippen LogP contribution in [0.3, 0.4) is 0 Å². The van der Waals surface area contributed by atoms with E-state index >= 15 is 0 Å². The number of nitrogens with zero attached hydrogens (tertiary/aromatic N) is 3. The lowest BCUT2D eigenvalue weighted by Gasteiger charge is -2.26. The van der Waals surface area contributed by atoms with E-state index < -0.39 is 36.8 Å². The summed E-state index contributed by atoms with van der Waals surface area (Å²) in [6.45, 7) is 1.33. The number of aliphatic hydroxyl groups is 3. The number of rotatable bonds is 3. The first-order valence-corrected chi connectivity index (χ1v) is 8.58. The number of aliphatic hydroxyl groups excluding tert-OH is 3. The molecular weight excluding hydrogens is 314 g/mol. The van der Waals surface area contributed by atoms with Crippen molar-refractivity contribution in [1.29, 1.82) is 0 Å². The maximum Gasteiger partial charge on any atom is 0.351 e. The third-order valence-electron chi connectivity index (χ3n) is 4.79. The van der Waals surface area contributed by atoms with Crippen LogP contribution >= 0.6 is 0 Å². The molecule has 4 atom stereocenters. The largest absolute Gasteiger partial charge is 0.394 e. The summed E-state index contributed by atoms with van der Waals surface area (Å²) in [4.78, 5) is 18.6. The van der Waals surface area contributed by atoms with Crippen molar-refractivity contribution < 1.29 is 20.1 Å². The molecule has 134 valence electrons. The molecule has 0 unspecified atom stereocenters. The molecule has 0 bridgehead atoms. The van der Waals surface area contributed by atoms with Crippen LogP contribution in [0.25, 0.3) is 0 Å². The Morgan fingerprint density at radius 3 is 2.38 bits per heavy atom. The fraction of sp³-hybridized carbons (Fsp3) is 0.750. The van der Waals surface area contributed by atoms with Crippen molar-refractivity contribution in [3.05, 3.63) is 22.7 Å². The number of hydrogen-bond donors (Lipinski definition) is 3. The lowest BCUT2D eigenvalue weighted by molar-refractivity contribution is -0.0549. The van der Waals surface area contributed by atoms with E-state index in [1.807, 2.05) is 0 Å². The predicted octanol–water partition coefficient (Wildman–Crippen LogP) is -0.375. The summed E-state index contributed by atoms with van der Waals surface area (Å²) >= 11 is 0. The summed E-state index contributed by atoms with van der Waals surface area (Å²) in [6.07, 6.45) is 2.86. The molecule has 2 aliphatic heterocycles. The first-order chi connectivity index (χ1) is 11.6. The van der Waals surface area contributed by atoms with Crippen LogP contribution in [0.1, 0.15) is 38.3 Å². The second-order valence-corrected chi connectivity index (χ2v) is 6.46. The molecule has 0 aliphatic carbocycles. The summed E-state index contributed by atoms with van der Waals surface area (Å²) in [5, 5.41) is 29.0. The molecular formula is C16H25N3O5. The van der Waals surface area contributed by atoms with E-state index in [4.69, 9.17) is 9.84 Å². The van der Waals surface area contributed by atoms with E-state index in [0.717, 1.165) is 30.5 Å². The second kappa shape index (κ2) is 7.60. The quantitative estimate of drug-likeness (QED) is 0.689. The van der Waals surface area contributed by atoms with E-state index in [0.29, 0.717) is 5.82 Å². The lowest BCUT2D eigenvalue weighted by atomic mass is 10.1. The highest BCUT2D eigenvalue weighted by Crippen LogP contribution is 2.28. The predicted molar refractivity (Wildman–Crippen MR) is 86.8 cm³/mol. The van der Waals surface area contributed by atoms with Crippen LogP contribution in [0.15, 0.2) is 17.1 Å². The average Bonchev–Trinajstić information content (AvgIpc) is 2.82. The van der Waals surface area contributed by atoms with Gasteiger partial charge in [-0.25, -0.2) is 4.79 Å². The van der Waals surface area contributed by atoms with Gasteiger partial charge in [0.25, 0.3) is 0 Å². The normalized spacial score (nSPS) is 31.7. The highest BCUT2D eigenvalue weighted by molar-refractivity contribution is 5.36. The van der Waals surface area contributed by atoms with Crippen LogP contribution in [0.5, 0.6) is 0 Å². The van der Waals surface area contributed by atoms with Gasteiger partial charge in [0.05, 0.1) is 6.61 Å². The molecule has 3 rings (SSSR count). The van der Waals surface area contributed by atoms with Crippen molar-refractivity contribution in [3.8, 4) is 0 Å². The van der Waals surface area contributed by atoms with Gasteiger partial charge in [0.1, 0.15) is 24.1 Å². The molecule has 8 nitrogen and oxygen atoms in total. The summed E-state index contributed by atoms with van der Waals surface area (Å²) in [5.74, 6) is 0.630. The zero-order chi connectivity index (χ0) is 17.1. The van der Waals surface area contributed by atoms with Crippen LogP contribution in [0, 0.1) is 0 Å². The molecule has 0 spiro atoms. The smallest absolute Gasteiger partial charge is 0.351 e. The third kappa shape index (κ3) is 3.46. The molecule has 2 saturated heterocycles. The van der Waals surface area contributed by atoms with Crippen LogP contribution in [-0.4, -0.2) is 62.9 Å². The highest BCUT2D eigenvalue weighted by Gasteiger charge is 2.43. The van der Waals surface area contributed by atoms with Crippen molar-refractivity contribution >= 4 is 5.82 Å². The second-order valence-electron chi connectivity index (χ2n) is 6.46.